The van der Waals surface area contributed by atoms with Gasteiger partial charge in [0, 0.05) is 0 Å². The van der Waals surface area contributed by atoms with Crippen LogP contribution in [0.3, 0.4) is 0 Å². The number of hydrogen-bond donors (Lipinski definition) is 1. The molecule has 0 fully saturated rings. The van der Waals surface area contributed by atoms with Gasteiger partial charge < -0.3 is 0 Å². The molecule has 0 aromatic heterocycles. The Labute approximate surface area is 68.9 Å². The fourth-order valence-corrected chi connectivity index (χ4v) is 2.58. The van der Waals surface area contributed by atoms with Crippen molar-refractivity contribution in [2.45, 2.75) is 12.6 Å². The summed E-state index contributed by atoms with van der Waals surface area (Å²) >= 11 is -3.63. The topological polar surface area (TPSA) is 37.3 Å². The van der Waals surface area contributed by atoms with Crippen LogP contribution in [0.1, 0.15) is 5.56 Å². The second-order valence-electron chi connectivity index (χ2n) is 2.72. The van der Waals surface area contributed by atoms with Crippen LogP contribution in [0.2, 0.25) is 5.71 Å². The van der Waals surface area contributed by atoms with Gasteiger partial charge in [-0.1, -0.05) is 0 Å². The van der Waals surface area contributed by atoms with Crippen molar-refractivity contribution in [1.29, 1.82) is 0 Å². The number of rotatable bonds is 1. The Bertz CT molecular complexity index is 301. The van der Waals surface area contributed by atoms with Crippen LogP contribution in [0.15, 0.2) is 24.3 Å². The van der Waals surface area contributed by atoms with Gasteiger partial charge in [0.05, 0.1) is 0 Å². The molecule has 0 saturated carbocycles. The van der Waals surface area contributed by atoms with Gasteiger partial charge in [-0.3, -0.25) is 0 Å². The van der Waals surface area contributed by atoms with Gasteiger partial charge in [0.15, 0.2) is 0 Å². The Hall–Kier alpha value is -0.462. The van der Waals surface area contributed by atoms with Crippen LogP contribution in [0.5, 0.6) is 0 Å². The molecule has 11 heavy (non-hydrogen) atoms. The van der Waals surface area contributed by atoms with E-state index in [-0.39, 0.29) is 0 Å². The number of aryl methyl sites for hydroxylation is 1. The molecule has 1 aromatic carbocycles. The first-order valence-electron chi connectivity index (χ1n) is 3.37. The second-order valence-corrected chi connectivity index (χ2v) is 7.49. The summed E-state index contributed by atoms with van der Waals surface area (Å²) in [6.45, 7) is 1.91. The standard InChI is InChI=1S/C8H11AsO2/c1-7-4-3-5-8(6-7)9(2,10)11/h3-6H,1-2H3,(H,10,11). The summed E-state index contributed by atoms with van der Waals surface area (Å²) in [5.74, 6) is 0. The molecular weight excluding hydrogens is 203 g/mol. The molecule has 0 bridgehead atoms. The van der Waals surface area contributed by atoms with E-state index in [9.17, 15) is 7.84 Å². The molecule has 0 saturated heterocycles. The SMILES string of the molecule is Cc1cccc([As](C)(=O)O)c1. The molecule has 1 rings (SSSR count). The molecule has 3 heteroatoms. The average Bonchev–Trinajstić information content (AvgIpc) is 1.86. The Morgan fingerprint density at radius 1 is 1.45 bits per heavy atom. The monoisotopic (exact) mass is 214 g/mol. The van der Waals surface area contributed by atoms with Gasteiger partial charge in [-0.25, -0.2) is 0 Å². The first kappa shape index (κ1) is 8.63. The summed E-state index contributed by atoms with van der Waals surface area (Å²) in [5.41, 5.74) is 2.44. The number of benzene rings is 1. The van der Waals surface area contributed by atoms with E-state index in [1.807, 2.05) is 13.0 Å². The van der Waals surface area contributed by atoms with Crippen molar-refractivity contribution in [3.05, 3.63) is 29.8 Å². The molecule has 60 valence electrons. The molecule has 1 aromatic rings. The molecule has 2 nitrogen and oxygen atoms in total. The van der Waals surface area contributed by atoms with Gasteiger partial charge in [-0.2, -0.15) is 0 Å². The quantitative estimate of drug-likeness (QED) is 0.698. The van der Waals surface area contributed by atoms with Crippen molar-refractivity contribution >= 4 is 18.2 Å². The Balaban J connectivity index is 3.17. The summed E-state index contributed by atoms with van der Waals surface area (Å²) in [5, 5.41) is 0. The maximum atomic E-state index is 11.2. The second kappa shape index (κ2) is 2.88. The van der Waals surface area contributed by atoms with Gasteiger partial charge in [-0.15, -0.1) is 0 Å². The van der Waals surface area contributed by atoms with Crippen LogP contribution in [0, 0.1) is 6.92 Å². The van der Waals surface area contributed by atoms with Gasteiger partial charge in [0.1, 0.15) is 0 Å². The average molecular weight is 214 g/mol. The van der Waals surface area contributed by atoms with E-state index in [4.69, 9.17) is 0 Å². The Morgan fingerprint density at radius 2 is 2.09 bits per heavy atom. The van der Waals surface area contributed by atoms with Crippen molar-refractivity contribution in [2.75, 3.05) is 0 Å². The van der Waals surface area contributed by atoms with Gasteiger partial charge in [0.25, 0.3) is 0 Å². The molecule has 0 aliphatic carbocycles. The van der Waals surface area contributed by atoms with E-state index >= 15 is 0 Å². The molecule has 0 aliphatic heterocycles. The zero-order valence-corrected chi connectivity index (χ0v) is 8.49. The first-order chi connectivity index (χ1) is 5.00. The Morgan fingerprint density at radius 3 is 2.45 bits per heavy atom. The van der Waals surface area contributed by atoms with Crippen LogP contribution in [-0.4, -0.2) is 17.9 Å². The zero-order valence-electron chi connectivity index (χ0n) is 6.61. The first-order valence-corrected chi connectivity index (χ1v) is 7.79. The summed E-state index contributed by atoms with van der Waals surface area (Å²) in [6, 6.07) is 7.18. The third-order valence-electron chi connectivity index (χ3n) is 1.48. The molecule has 1 atom stereocenters. The van der Waals surface area contributed by atoms with Crippen LogP contribution in [-0.2, 0) is 3.74 Å². The number of hydrogen-bond acceptors (Lipinski definition) is 1. The van der Waals surface area contributed by atoms with Crippen molar-refractivity contribution < 1.29 is 7.84 Å². The molecule has 0 radical (unpaired) electrons. The van der Waals surface area contributed by atoms with E-state index in [0.717, 1.165) is 5.56 Å². The van der Waals surface area contributed by atoms with Crippen LogP contribution >= 0.6 is 0 Å². The van der Waals surface area contributed by atoms with Crippen molar-refractivity contribution in [2.24, 2.45) is 0 Å². The molecular formula is C8H11AsO2. The van der Waals surface area contributed by atoms with Gasteiger partial charge in [-0.05, 0) is 0 Å². The molecule has 0 heterocycles. The van der Waals surface area contributed by atoms with E-state index in [1.54, 1.807) is 18.2 Å². The summed E-state index contributed by atoms with van der Waals surface area (Å²) < 4.78 is 21.0. The van der Waals surface area contributed by atoms with Crippen LogP contribution in [0.4, 0.5) is 0 Å². The minimum absolute atomic E-state index is 0.586. The molecule has 1 unspecified atom stereocenters. The summed E-state index contributed by atoms with van der Waals surface area (Å²) in [4.78, 5) is 0. The third-order valence-corrected chi connectivity index (χ3v) is 4.07. The normalized spacial score (nSPS) is 15.9. The van der Waals surface area contributed by atoms with Crippen molar-refractivity contribution in [3.8, 4) is 0 Å². The molecule has 0 spiro atoms. The summed E-state index contributed by atoms with van der Waals surface area (Å²) in [7, 11) is 0. The predicted octanol–water partition coefficient (Wildman–Crippen LogP) is 0.697. The van der Waals surface area contributed by atoms with Gasteiger partial charge >= 0.3 is 68.5 Å². The maximum absolute atomic E-state index is 11.2. The fraction of sp³-hybridized carbons (Fsp3) is 0.250. The zero-order chi connectivity index (χ0) is 8.48. The third kappa shape index (κ3) is 2.25. The predicted molar refractivity (Wildman–Crippen MR) is 45.3 cm³/mol. The fourth-order valence-electron chi connectivity index (χ4n) is 0.886. The molecule has 1 N–H and O–H groups in total. The van der Waals surface area contributed by atoms with Gasteiger partial charge in [0.2, 0.25) is 0 Å². The van der Waals surface area contributed by atoms with E-state index in [1.165, 1.54) is 5.71 Å². The van der Waals surface area contributed by atoms with Crippen LogP contribution in [0.25, 0.3) is 0 Å². The minimum atomic E-state index is -3.63. The molecule has 0 amide bonds. The van der Waals surface area contributed by atoms with E-state index in [2.05, 4.69) is 0 Å². The Kier molecular flexibility index (Phi) is 2.26. The summed E-state index contributed by atoms with van der Waals surface area (Å²) in [6.07, 6.45) is 0. The van der Waals surface area contributed by atoms with Crippen molar-refractivity contribution in [1.82, 2.24) is 0 Å². The van der Waals surface area contributed by atoms with Crippen LogP contribution < -0.4 is 4.35 Å². The molecule has 0 aliphatic rings. The van der Waals surface area contributed by atoms with Crippen molar-refractivity contribution in [3.63, 3.8) is 0 Å². The van der Waals surface area contributed by atoms with E-state index < -0.39 is 13.8 Å². The van der Waals surface area contributed by atoms with E-state index in [0.29, 0.717) is 4.35 Å².